The van der Waals surface area contributed by atoms with Gasteiger partial charge in [0.15, 0.2) is 3.92 Å². The van der Waals surface area contributed by atoms with Crippen molar-refractivity contribution in [1.82, 2.24) is 10.2 Å². The van der Waals surface area contributed by atoms with Gasteiger partial charge in [-0.15, -0.1) is 10.2 Å². The van der Waals surface area contributed by atoms with Crippen molar-refractivity contribution in [2.45, 2.75) is 32.7 Å². The van der Waals surface area contributed by atoms with Gasteiger partial charge in [-0.2, -0.15) is 0 Å². The molecule has 1 aromatic rings. The Bertz CT molecular complexity index is 238. The second-order valence-electron chi connectivity index (χ2n) is 2.69. The van der Waals surface area contributed by atoms with Crippen LogP contribution in [-0.2, 0) is 0 Å². The molecule has 1 atom stereocenters. The number of hydrogen-bond acceptors (Lipinski definition) is 4. The Balaban J connectivity index is 2.41. The standard InChI is InChI=1S/C7H12BrN3S/c1-3-4-5(2)9-7-11-10-6(8)12-7/h5H,3-4H2,1-2H3,(H,9,11). The van der Waals surface area contributed by atoms with E-state index in [4.69, 9.17) is 0 Å². The molecule has 1 rings (SSSR count). The van der Waals surface area contributed by atoms with Crippen molar-refractivity contribution in [3.63, 3.8) is 0 Å². The highest BCUT2D eigenvalue weighted by Crippen LogP contribution is 2.21. The summed E-state index contributed by atoms with van der Waals surface area (Å²) in [6.07, 6.45) is 2.35. The van der Waals surface area contributed by atoms with Crippen LogP contribution in [0.1, 0.15) is 26.7 Å². The fourth-order valence-electron chi connectivity index (χ4n) is 0.980. The molecule has 1 aromatic heterocycles. The Morgan fingerprint density at radius 2 is 2.33 bits per heavy atom. The molecule has 0 saturated heterocycles. The van der Waals surface area contributed by atoms with Crippen molar-refractivity contribution in [3.8, 4) is 0 Å². The molecular formula is C7H12BrN3S. The summed E-state index contributed by atoms with van der Waals surface area (Å²) in [4.78, 5) is 0. The van der Waals surface area contributed by atoms with Gasteiger partial charge in [-0.05, 0) is 29.3 Å². The van der Waals surface area contributed by atoms with Gasteiger partial charge in [0.05, 0.1) is 0 Å². The first-order chi connectivity index (χ1) is 5.72. The van der Waals surface area contributed by atoms with E-state index < -0.39 is 0 Å². The predicted molar refractivity (Wildman–Crippen MR) is 55.6 cm³/mol. The maximum absolute atomic E-state index is 3.95. The summed E-state index contributed by atoms with van der Waals surface area (Å²) >= 11 is 4.79. The van der Waals surface area contributed by atoms with Gasteiger partial charge in [0.1, 0.15) is 0 Å². The summed E-state index contributed by atoms with van der Waals surface area (Å²) in [5.74, 6) is 0. The Hall–Kier alpha value is -0.160. The normalized spacial score (nSPS) is 12.9. The highest BCUT2D eigenvalue weighted by atomic mass is 79.9. The lowest BCUT2D eigenvalue weighted by atomic mass is 10.2. The third-order valence-electron chi connectivity index (χ3n) is 1.49. The first kappa shape index (κ1) is 9.92. The zero-order chi connectivity index (χ0) is 8.97. The molecule has 0 saturated carbocycles. The third-order valence-corrected chi connectivity index (χ3v) is 2.78. The van der Waals surface area contributed by atoms with E-state index in [2.05, 4.69) is 45.3 Å². The van der Waals surface area contributed by atoms with E-state index >= 15 is 0 Å². The fraction of sp³-hybridized carbons (Fsp3) is 0.714. The largest absolute Gasteiger partial charge is 0.358 e. The van der Waals surface area contributed by atoms with Crippen molar-refractivity contribution in [3.05, 3.63) is 3.92 Å². The van der Waals surface area contributed by atoms with Crippen molar-refractivity contribution in [2.75, 3.05) is 5.32 Å². The van der Waals surface area contributed by atoms with Gasteiger partial charge in [-0.3, -0.25) is 0 Å². The van der Waals surface area contributed by atoms with Crippen LogP contribution in [-0.4, -0.2) is 16.2 Å². The number of rotatable bonds is 4. The van der Waals surface area contributed by atoms with E-state index in [-0.39, 0.29) is 0 Å². The van der Waals surface area contributed by atoms with Crippen molar-refractivity contribution >= 4 is 32.4 Å². The quantitative estimate of drug-likeness (QED) is 0.892. The van der Waals surface area contributed by atoms with Gasteiger partial charge in [0.25, 0.3) is 0 Å². The number of nitrogens with one attached hydrogen (secondary N) is 1. The smallest absolute Gasteiger partial charge is 0.206 e. The second kappa shape index (κ2) is 4.77. The maximum atomic E-state index is 3.95. The lowest BCUT2D eigenvalue weighted by Crippen LogP contribution is -2.14. The molecule has 1 heterocycles. The van der Waals surface area contributed by atoms with Gasteiger partial charge in [-0.1, -0.05) is 24.7 Å². The molecule has 0 aliphatic carbocycles. The number of halogens is 1. The fourth-order valence-corrected chi connectivity index (χ4v) is 2.10. The molecule has 1 unspecified atom stereocenters. The highest BCUT2D eigenvalue weighted by Gasteiger charge is 2.04. The van der Waals surface area contributed by atoms with Crippen LogP contribution in [0.15, 0.2) is 3.92 Å². The van der Waals surface area contributed by atoms with Gasteiger partial charge in [0, 0.05) is 6.04 Å². The van der Waals surface area contributed by atoms with Crippen LogP contribution < -0.4 is 5.32 Å². The Morgan fingerprint density at radius 3 is 2.83 bits per heavy atom. The molecule has 3 nitrogen and oxygen atoms in total. The van der Waals surface area contributed by atoms with Crippen LogP contribution in [0.3, 0.4) is 0 Å². The van der Waals surface area contributed by atoms with E-state index in [1.807, 2.05) is 0 Å². The number of nitrogens with zero attached hydrogens (tertiary/aromatic N) is 2. The molecule has 0 amide bonds. The van der Waals surface area contributed by atoms with Gasteiger partial charge < -0.3 is 5.32 Å². The number of aromatic nitrogens is 2. The molecule has 0 aromatic carbocycles. The molecule has 68 valence electrons. The first-order valence-corrected chi connectivity index (χ1v) is 5.59. The first-order valence-electron chi connectivity index (χ1n) is 3.98. The van der Waals surface area contributed by atoms with E-state index in [0.717, 1.165) is 15.5 Å². The molecule has 0 bridgehead atoms. The molecular weight excluding hydrogens is 238 g/mol. The monoisotopic (exact) mass is 249 g/mol. The lowest BCUT2D eigenvalue weighted by molar-refractivity contribution is 0.688. The highest BCUT2D eigenvalue weighted by molar-refractivity contribution is 9.11. The second-order valence-corrected chi connectivity index (χ2v) is 4.95. The Morgan fingerprint density at radius 1 is 1.58 bits per heavy atom. The van der Waals surface area contributed by atoms with Crippen molar-refractivity contribution in [2.24, 2.45) is 0 Å². The summed E-state index contributed by atoms with van der Waals surface area (Å²) < 4.78 is 0.827. The van der Waals surface area contributed by atoms with Gasteiger partial charge >= 0.3 is 0 Å². The van der Waals surface area contributed by atoms with Crippen LogP contribution in [0, 0.1) is 0 Å². The molecule has 0 aliphatic rings. The Kier molecular flexibility index (Phi) is 3.94. The predicted octanol–water partition coefficient (Wildman–Crippen LogP) is 2.90. The summed E-state index contributed by atoms with van der Waals surface area (Å²) in [5.41, 5.74) is 0. The average molecular weight is 250 g/mol. The summed E-state index contributed by atoms with van der Waals surface area (Å²) in [6.45, 7) is 4.33. The molecule has 0 fully saturated rings. The zero-order valence-corrected chi connectivity index (χ0v) is 9.57. The van der Waals surface area contributed by atoms with E-state index in [0.29, 0.717) is 6.04 Å². The summed E-state index contributed by atoms with van der Waals surface area (Å²) in [5, 5.41) is 12.0. The molecule has 5 heteroatoms. The van der Waals surface area contributed by atoms with E-state index in [1.165, 1.54) is 17.8 Å². The molecule has 0 aliphatic heterocycles. The molecule has 0 radical (unpaired) electrons. The van der Waals surface area contributed by atoms with Crippen molar-refractivity contribution < 1.29 is 0 Å². The van der Waals surface area contributed by atoms with Gasteiger partial charge in [0.2, 0.25) is 5.13 Å². The molecule has 1 N–H and O–H groups in total. The number of hydrogen-bond donors (Lipinski definition) is 1. The maximum Gasteiger partial charge on any atom is 0.206 e. The number of anilines is 1. The Labute approximate surface area is 84.7 Å². The minimum atomic E-state index is 0.481. The topological polar surface area (TPSA) is 37.8 Å². The van der Waals surface area contributed by atoms with Crippen LogP contribution in [0.25, 0.3) is 0 Å². The van der Waals surface area contributed by atoms with Crippen LogP contribution >= 0.6 is 27.3 Å². The summed E-state index contributed by atoms with van der Waals surface area (Å²) in [6, 6.07) is 0.481. The zero-order valence-electron chi connectivity index (χ0n) is 7.17. The van der Waals surface area contributed by atoms with Crippen LogP contribution in [0.5, 0.6) is 0 Å². The van der Waals surface area contributed by atoms with Crippen LogP contribution in [0.2, 0.25) is 0 Å². The summed E-state index contributed by atoms with van der Waals surface area (Å²) in [7, 11) is 0. The third kappa shape index (κ3) is 3.06. The van der Waals surface area contributed by atoms with E-state index in [1.54, 1.807) is 0 Å². The SMILES string of the molecule is CCCC(C)Nc1nnc(Br)s1. The molecule has 12 heavy (non-hydrogen) atoms. The minimum absolute atomic E-state index is 0.481. The van der Waals surface area contributed by atoms with Crippen molar-refractivity contribution in [1.29, 1.82) is 0 Å². The average Bonchev–Trinajstić information content (AvgIpc) is 2.36. The molecule has 0 spiro atoms. The van der Waals surface area contributed by atoms with Gasteiger partial charge in [-0.25, -0.2) is 0 Å². The van der Waals surface area contributed by atoms with E-state index in [9.17, 15) is 0 Å². The minimum Gasteiger partial charge on any atom is -0.358 e. The van der Waals surface area contributed by atoms with Crippen LogP contribution in [0.4, 0.5) is 5.13 Å². The lowest BCUT2D eigenvalue weighted by Gasteiger charge is -2.09.